The maximum absolute atomic E-state index is 6.16. The highest BCUT2D eigenvalue weighted by Gasteiger charge is 2.11. The molecule has 2 aromatic carbocycles. The summed E-state index contributed by atoms with van der Waals surface area (Å²) in [5.41, 5.74) is 2.16. The number of aromatic nitrogens is 1. The van der Waals surface area contributed by atoms with Crippen LogP contribution in [-0.4, -0.2) is 4.98 Å². The zero-order valence-electron chi connectivity index (χ0n) is 10.5. The van der Waals surface area contributed by atoms with E-state index < -0.39 is 0 Å². The number of hydrogen-bond acceptors (Lipinski definition) is 2. The van der Waals surface area contributed by atoms with Crippen LogP contribution in [0.3, 0.4) is 0 Å². The van der Waals surface area contributed by atoms with Gasteiger partial charge >= 0.3 is 0 Å². The molecule has 1 nitrogen and oxygen atoms in total. The molecule has 4 rings (SSSR count). The molecule has 0 radical (unpaired) electrons. The molecule has 2 aromatic heterocycles. The van der Waals surface area contributed by atoms with Crippen molar-refractivity contribution in [1.29, 1.82) is 0 Å². The molecule has 0 aliphatic heterocycles. The van der Waals surface area contributed by atoms with Gasteiger partial charge in [-0.25, -0.2) is 0 Å². The molecule has 0 aliphatic rings. The van der Waals surface area contributed by atoms with Gasteiger partial charge in [-0.05, 0) is 36.4 Å². The van der Waals surface area contributed by atoms with Crippen molar-refractivity contribution < 1.29 is 0 Å². The van der Waals surface area contributed by atoms with Crippen LogP contribution in [0.25, 0.3) is 31.4 Å². The Morgan fingerprint density at radius 1 is 0.900 bits per heavy atom. The van der Waals surface area contributed by atoms with E-state index in [0.717, 1.165) is 16.3 Å². The van der Waals surface area contributed by atoms with Crippen LogP contribution in [0.5, 0.6) is 0 Å². The molecule has 0 unspecified atom stereocenters. The van der Waals surface area contributed by atoms with Crippen molar-refractivity contribution in [2.24, 2.45) is 0 Å². The Balaban J connectivity index is 2.16. The second-order valence-electron chi connectivity index (χ2n) is 4.64. The van der Waals surface area contributed by atoms with Gasteiger partial charge in [0.05, 0.1) is 5.69 Å². The number of pyridine rings is 1. The first-order valence-electron chi connectivity index (χ1n) is 6.35. The molecule has 0 spiro atoms. The Bertz CT molecular complexity index is 912. The fourth-order valence-corrected chi connectivity index (χ4v) is 3.82. The summed E-state index contributed by atoms with van der Waals surface area (Å²) in [6.45, 7) is 0. The third kappa shape index (κ3) is 1.80. The molecule has 0 amide bonds. The van der Waals surface area contributed by atoms with Crippen molar-refractivity contribution in [1.82, 2.24) is 4.98 Å². The van der Waals surface area contributed by atoms with Gasteiger partial charge in [0.1, 0.15) is 0 Å². The minimum absolute atomic E-state index is 0.771. The van der Waals surface area contributed by atoms with Gasteiger partial charge in [0.2, 0.25) is 0 Å². The highest BCUT2D eigenvalue weighted by molar-refractivity contribution is 7.25. The number of thiophene rings is 1. The number of nitrogens with zero attached hydrogens (tertiary/aromatic N) is 1. The number of halogens is 1. The monoisotopic (exact) mass is 295 g/mol. The lowest BCUT2D eigenvalue weighted by atomic mass is 10.0. The second kappa shape index (κ2) is 4.58. The first kappa shape index (κ1) is 11.9. The molecule has 0 N–H and O–H groups in total. The first-order valence-corrected chi connectivity index (χ1v) is 7.54. The largest absolute Gasteiger partial charge is 0.256 e. The Labute approximate surface area is 125 Å². The molecule has 0 fully saturated rings. The highest BCUT2D eigenvalue weighted by atomic mass is 35.5. The maximum atomic E-state index is 6.16. The van der Waals surface area contributed by atoms with E-state index in [1.807, 2.05) is 36.5 Å². The molecule has 0 atom stereocenters. The highest BCUT2D eigenvalue weighted by Crippen LogP contribution is 2.40. The molecule has 96 valence electrons. The Kier molecular flexibility index (Phi) is 2.72. The number of rotatable bonds is 1. The quantitative estimate of drug-likeness (QED) is 0.434. The normalized spacial score (nSPS) is 11.2. The molecule has 0 saturated carbocycles. The van der Waals surface area contributed by atoms with Gasteiger partial charge in [-0.3, -0.25) is 4.98 Å². The van der Waals surface area contributed by atoms with Crippen molar-refractivity contribution in [3.05, 3.63) is 65.8 Å². The standard InChI is InChI=1S/C17H10ClNS/c18-11-7-8-15-13(10-11)17-12(4-3-6-16(17)20-15)14-5-1-2-9-19-14/h1-10H. The minimum atomic E-state index is 0.771. The van der Waals surface area contributed by atoms with Crippen molar-refractivity contribution in [3.8, 4) is 11.3 Å². The molecule has 20 heavy (non-hydrogen) atoms. The molecule has 0 bridgehead atoms. The topological polar surface area (TPSA) is 12.9 Å². The van der Waals surface area contributed by atoms with Crippen LogP contribution in [0.1, 0.15) is 0 Å². The summed E-state index contributed by atoms with van der Waals surface area (Å²) >= 11 is 7.96. The fourth-order valence-electron chi connectivity index (χ4n) is 2.53. The van der Waals surface area contributed by atoms with E-state index in [1.165, 1.54) is 20.2 Å². The third-order valence-corrected chi connectivity index (χ3v) is 4.77. The van der Waals surface area contributed by atoms with Gasteiger partial charge in [0.15, 0.2) is 0 Å². The molecular formula is C17H10ClNS. The van der Waals surface area contributed by atoms with E-state index in [-0.39, 0.29) is 0 Å². The lowest BCUT2D eigenvalue weighted by Gasteiger charge is -2.03. The van der Waals surface area contributed by atoms with E-state index in [0.29, 0.717) is 0 Å². The summed E-state index contributed by atoms with van der Waals surface area (Å²) in [5.74, 6) is 0. The Hall–Kier alpha value is -1.90. The lowest BCUT2D eigenvalue weighted by Crippen LogP contribution is -1.82. The van der Waals surface area contributed by atoms with Crippen LogP contribution >= 0.6 is 22.9 Å². The van der Waals surface area contributed by atoms with Gasteiger partial charge in [0.25, 0.3) is 0 Å². The van der Waals surface area contributed by atoms with Gasteiger partial charge in [-0.1, -0.05) is 29.8 Å². The van der Waals surface area contributed by atoms with Crippen LogP contribution in [-0.2, 0) is 0 Å². The Morgan fingerprint density at radius 3 is 2.70 bits per heavy atom. The van der Waals surface area contributed by atoms with Gasteiger partial charge < -0.3 is 0 Å². The summed E-state index contributed by atoms with van der Waals surface area (Å²) in [5, 5.41) is 3.22. The van der Waals surface area contributed by atoms with Crippen molar-refractivity contribution >= 4 is 43.1 Å². The molecule has 2 heterocycles. The van der Waals surface area contributed by atoms with Gasteiger partial charge in [-0.2, -0.15) is 0 Å². The van der Waals surface area contributed by atoms with E-state index in [2.05, 4.69) is 29.2 Å². The van der Waals surface area contributed by atoms with E-state index >= 15 is 0 Å². The molecule has 0 saturated heterocycles. The number of fused-ring (bicyclic) bond motifs is 3. The smallest absolute Gasteiger partial charge is 0.0708 e. The lowest BCUT2D eigenvalue weighted by molar-refractivity contribution is 1.33. The number of benzene rings is 2. The van der Waals surface area contributed by atoms with Crippen molar-refractivity contribution in [3.63, 3.8) is 0 Å². The number of hydrogen-bond donors (Lipinski definition) is 0. The molecular weight excluding hydrogens is 286 g/mol. The van der Waals surface area contributed by atoms with Crippen LogP contribution in [0, 0.1) is 0 Å². The second-order valence-corrected chi connectivity index (χ2v) is 6.16. The molecule has 3 heteroatoms. The van der Waals surface area contributed by atoms with Gasteiger partial charge in [0, 0.05) is 37.0 Å². The van der Waals surface area contributed by atoms with Crippen molar-refractivity contribution in [2.45, 2.75) is 0 Å². The summed E-state index contributed by atoms with van der Waals surface area (Å²) in [6.07, 6.45) is 1.83. The predicted molar refractivity (Wildman–Crippen MR) is 87.6 cm³/mol. The first-order chi connectivity index (χ1) is 9.83. The average molecular weight is 296 g/mol. The molecule has 0 aliphatic carbocycles. The summed E-state index contributed by atoms with van der Waals surface area (Å²) in [6, 6.07) is 18.4. The van der Waals surface area contributed by atoms with Crippen LogP contribution in [0.15, 0.2) is 60.8 Å². The molecule has 4 aromatic rings. The fraction of sp³-hybridized carbons (Fsp3) is 0. The van der Waals surface area contributed by atoms with Crippen LogP contribution in [0.4, 0.5) is 0 Å². The van der Waals surface area contributed by atoms with Crippen LogP contribution in [0.2, 0.25) is 5.02 Å². The maximum Gasteiger partial charge on any atom is 0.0708 e. The van der Waals surface area contributed by atoms with Crippen molar-refractivity contribution in [2.75, 3.05) is 0 Å². The zero-order valence-corrected chi connectivity index (χ0v) is 12.1. The SMILES string of the molecule is Clc1ccc2sc3cccc(-c4ccccn4)c3c2c1. The average Bonchev–Trinajstić information content (AvgIpc) is 2.86. The summed E-state index contributed by atoms with van der Waals surface area (Å²) in [7, 11) is 0. The van der Waals surface area contributed by atoms with E-state index in [9.17, 15) is 0 Å². The predicted octanol–water partition coefficient (Wildman–Crippen LogP) is 5.77. The zero-order chi connectivity index (χ0) is 13.5. The van der Waals surface area contributed by atoms with Crippen LogP contribution < -0.4 is 0 Å². The minimum Gasteiger partial charge on any atom is -0.256 e. The third-order valence-electron chi connectivity index (χ3n) is 3.40. The van der Waals surface area contributed by atoms with Gasteiger partial charge in [-0.15, -0.1) is 11.3 Å². The van der Waals surface area contributed by atoms with E-state index in [1.54, 1.807) is 11.3 Å². The van der Waals surface area contributed by atoms with E-state index in [4.69, 9.17) is 11.6 Å². The Morgan fingerprint density at radius 2 is 1.85 bits per heavy atom. The summed E-state index contributed by atoms with van der Waals surface area (Å²) in [4.78, 5) is 4.48. The summed E-state index contributed by atoms with van der Waals surface area (Å²) < 4.78 is 2.53.